The van der Waals surface area contributed by atoms with Crippen LogP contribution in [0, 0.1) is 17.6 Å². The van der Waals surface area contributed by atoms with Gasteiger partial charge in [0, 0.05) is 6.54 Å². The number of para-hydroxylation sites is 1. The van der Waals surface area contributed by atoms with Crippen molar-refractivity contribution >= 4 is 21.6 Å². The molecule has 0 aliphatic carbocycles. The van der Waals surface area contributed by atoms with E-state index in [-0.39, 0.29) is 0 Å². The molecule has 22 heavy (non-hydrogen) atoms. The van der Waals surface area contributed by atoms with Crippen LogP contribution in [0.2, 0.25) is 0 Å². The van der Waals surface area contributed by atoms with Crippen molar-refractivity contribution in [2.24, 2.45) is 5.92 Å². The number of hydrogen-bond acceptors (Lipinski definition) is 3. The molecule has 5 nitrogen and oxygen atoms in total. The quantitative estimate of drug-likeness (QED) is 0.828. The number of rotatable bonds is 7. The van der Waals surface area contributed by atoms with Gasteiger partial charge in [0.1, 0.15) is 12.2 Å². The summed E-state index contributed by atoms with van der Waals surface area (Å²) in [5, 5.41) is 2.54. The fraction of sp³-hybridized carbons (Fsp3) is 0.500. The molecule has 8 heteroatoms. The van der Waals surface area contributed by atoms with Crippen LogP contribution in [0.25, 0.3) is 0 Å². The van der Waals surface area contributed by atoms with E-state index in [4.69, 9.17) is 0 Å². The Kier molecular flexibility index (Phi) is 6.28. The van der Waals surface area contributed by atoms with Crippen molar-refractivity contribution in [3.63, 3.8) is 0 Å². The minimum Gasteiger partial charge on any atom is -0.355 e. The summed E-state index contributed by atoms with van der Waals surface area (Å²) in [6, 6.07) is 3.00. The summed E-state index contributed by atoms with van der Waals surface area (Å²) in [5.41, 5.74) is -0.746. The van der Waals surface area contributed by atoms with Gasteiger partial charge < -0.3 is 5.32 Å². The van der Waals surface area contributed by atoms with Crippen LogP contribution in [0.1, 0.15) is 20.3 Å². The average molecular weight is 334 g/mol. The zero-order valence-corrected chi connectivity index (χ0v) is 13.6. The number of benzene rings is 1. The highest BCUT2D eigenvalue weighted by Crippen LogP contribution is 2.25. The summed E-state index contributed by atoms with van der Waals surface area (Å²) in [7, 11) is -4.01. The number of amides is 1. The minimum atomic E-state index is -4.01. The molecular weight excluding hydrogens is 314 g/mol. The van der Waals surface area contributed by atoms with Gasteiger partial charge in [0.05, 0.1) is 6.26 Å². The first kappa shape index (κ1) is 18.3. The summed E-state index contributed by atoms with van der Waals surface area (Å²) in [6.07, 6.45) is 1.51. The van der Waals surface area contributed by atoms with E-state index in [0.29, 0.717) is 16.8 Å². The smallest absolute Gasteiger partial charge is 0.240 e. The molecule has 0 aliphatic heterocycles. The van der Waals surface area contributed by atoms with Crippen molar-refractivity contribution in [1.82, 2.24) is 5.32 Å². The van der Waals surface area contributed by atoms with E-state index >= 15 is 0 Å². The number of hydrogen-bond donors (Lipinski definition) is 1. The lowest BCUT2D eigenvalue weighted by atomic mass is 10.1. The molecule has 1 aromatic carbocycles. The second kappa shape index (κ2) is 7.53. The van der Waals surface area contributed by atoms with Gasteiger partial charge in [-0.25, -0.2) is 17.2 Å². The van der Waals surface area contributed by atoms with Crippen LogP contribution in [0.5, 0.6) is 0 Å². The molecule has 1 aromatic rings. The molecule has 1 N–H and O–H groups in total. The Morgan fingerprint density at radius 1 is 1.27 bits per heavy atom. The molecule has 0 aromatic heterocycles. The maximum atomic E-state index is 13.8. The van der Waals surface area contributed by atoms with Crippen LogP contribution in [0.3, 0.4) is 0 Å². The zero-order chi connectivity index (χ0) is 16.9. The first-order chi connectivity index (χ1) is 10.1. The molecule has 0 saturated carbocycles. The molecule has 0 bridgehead atoms. The van der Waals surface area contributed by atoms with Crippen molar-refractivity contribution in [2.75, 3.05) is 23.7 Å². The summed E-state index contributed by atoms with van der Waals surface area (Å²) >= 11 is 0. The third-order valence-corrected chi connectivity index (χ3v) is 4.03. The van der Waals surface area contributed by atoms with Crippen molar-refractivity contribution in [3.05, 3.63) is 29.8 Å². The van der Waals surface area contributed by atoms with E-state index < -0.39 is 39.8 Å². The van der Waals surface area contributed by atoms with E-state index in [0.717, 1.165) is 30.9 Å². The van der Waals surface area contributed by atoms with Gasteiger partial charge in [-0.2, -0.15) is 0 Å². The Hall–Kier alpha value is -1.70. The van der Waals surface area contributed by atoms with E-state index in [9.17, 15) is 22.0 Å². The lowest BCUT2D eigenvalue weighted by Gasteiger charge is -2.22. The second-order valence-electron chi connectivity index (χ2n) is 5.37. The third-order valence-electron chi connectivity index (χ3n) is 2.92. The predicted octanol–water partition coefficient (Wildman–Crippen LogP) is 1.89. The monoisotopic (exact) mass is 334 g/mol. The molecule has 0 saturated heterocycles. The summed E-state index contributed by atoms with van der Waals surface area (Å²) < 4.78 is 51.5. The molecule has 0 unspecified atom stereocenters. The zero-order valence-electron chi connectivity index (χ0n) is 12.8. The molecular formula is C14H20F2N2O3S. The molecule has 0 atom stereocenters. The Morgan fingerprint density at radius 2 is 1.82 bits per heavy atom. The highest BCUT2D eigenvalue weighted by Gasteiger charge is 2.26. The van der Waals surface area contributed by atoms with Gasteiger partial charge in [-0.3, -0.25) is 9.10 Å². The molecule has 0 spiro atoms. The van der Waals surface area contributed by atoms with Crippen LogP contribution in [0.15, 0.2) is 18.2 Å². The van der Waals surface area contributed by atoms with Gasteiger partial charge in [0.25, 0.3) is 0 Å². The molecule has 124 valence electrons. The largest absolute Gasteiger partial charge is 0.355 e. The van der Waals surface area contributed by atoms with Gasteiger partial charge in [0.15, 0.2) is 11.6 Å². The van der Waals surface area contributed by atoms with Crippen LogP contribution < -0.4 is 9.62 Å². The second-order valence-corrected chi connectivity index (χ2v) is 7.28. The number of carbonyl (C=O) groups excluding carboxylic acids is 1. The van der Waals surface area contributed by atoms with Gasteiger partial charge >= 0.3 is 0 Å². The summed E-state index contributed by atoms with van der Waals surface area (Å²) in [5.74, 6) is -2.33. The van der Waals surface area contributed by atoms with Crippen molar-refractivity contribution in [2.45, 2.75) is 20.3 Å². The van der Waals surface area contributed by atoms with Crippen LogP contribution in [-0.4, -0.2) is 33.7 Å². The first-order valence-corrected chi connectivity index (χ1v) is 8.66. The lowest BCUT2D eigenvalue weighted by molar-refractivity contribution is -0.119. The van der Waals surface area contributed by atoms with Gasteiger partial charge in [-0.1, -0.05) is 19.9 Å². The SMILES string of the molecule is CC(C)CCNC(=O)CN(c1c(F)cccc1F)S(C)(=O)=O. The van der Waals surface area contributed by atoms with E-state index in [1.807, 2.05) is 13.8 Å². The van der Waals surface area contributed by atoms with Gasteiger partial charge in [0.2, 0.25) is 15.9 Å². The van der Waals surface area contributed by atoms with Crippen LogP contribution in [-0.2, 0) is 14.8 Å². The normalized spacial score (nSPS) is 11.5. The Balaban J connectivity index is 2.95. The molecule has 0 heterocycles. The first-order valence-electron chi connectivity index (χ1n) is 6.81. The van der Waals surface area contributed by atoms with E-state index in [2.05, 4.69) is 5.32 Å². The Bertz CT molecular complexity index is 613. The number of sulfonamides is 1. The number of anilines is 1. The standard InChI is InChI=1S/C14H20F2N2O3S/c1-10(2)7-8-17-13(19)9-18(22(3,20)21)14-11(15)5-4-6-12(14)16/h4-6,10H,7-9H2,1-3H3,(H,17,19). The van der Waals surface area contributed by atoms with E-state index in [1.54, 1.807) is 0 Å². The Morgan fingerprint density at radius 3 is 2.27 bits per heavy atom. The summed E-state index contributed by atoms with van der Waals surface area (Å²) in [6.45, 7) is 3.65. The molecule has 0 aliphatic rings. The maximum Gasteiger partial charge on any atom is 0.240 e. The maximum absolute atomic E-state index is 13.8. The predicted molar refractivity (Wildman–Crippen MR) is 81.0 cm³/mol. The van der Waals surface area contributed by atoms with Crippen LogP contribution >= 0.6 is 0 Å². The number of carbonyl (C=O) groups is 1. The van der Waals surface area contributed by atoms with Crippen molar-refractivity contribution in [3.8, 4) is 0 Å². The number of nitrogens with zero attached hydrogens (tertiary/aromatic N) is 1. The van der Waals surface area contributed by atoms with Gasteiger partial charge in [-0.05, 0) is 24.5 Å². The molecule has 0 radical (unpaired) electrons. The number of halogens is 2. The van der Waals surface area contributed by atoms with E-state index in [1.165, 1.54) is 0 Å². The highest BCUT2D eigenvalue weighted by molar-refractivity contribution is 7.92. The Labute approximate surface area is 129 Å². The topological polar surface area (TPSA) is 66.5 Å². The third kappa shape index (κ3) is 5.25. The molecule has 0 fully saturated rings. The minimum absolute atomic E-state index is 0.369. The van der Waals surface area contributed by atoms with Crippen molar-refractivity contribution in [1.29, 1.82) is 0 Å². The fourth-order valence-corrected chi connectivity index (χ4v) is 2.63. The summed E-state index contributed by atoms with van der Waals surface area (Å²) in [4.78, 5) is 11.8. The average Bonchev–Trinajstić information content (AvgIpc) is 2.35. The molecule has 1 amide bonds. The lowest BCUT2D eigenvalue weighted by Crippen LogP contribution is -2.41. The van der Waals surface area contributed by atoms with Crippen LogP contribution in [0.4, 0.5) is 14.5 Å². The highest BCUT2D eigenvalue weighted by atomic mass is 32.2. The van der Waals surface area contributed by atoms with Crippen molar-refractivity contribution < 1.29 is 22.0 Å². The number of nitrogens with one attached hydrogen (secondary N) is 1. The fourth-order valence-electron chi connectivity index (χ4n) is 1.78. The van der Waals surface area contributed by atoms with Gasteiger partial charge in [-0.15, -0.1) is 0 Å². The molecule has 1 rings (SSSR count).